The van der Waals surface area contributed by atoms with Gasteiger partial charge in [-0.15, -0.1) is 10.2 Å². The molecule has 1 aromatic heterocycles. The lowest BCUT2D eigenvalue weighted by Gasteiger charge is -2.20. The highest BCUT2D eigenvalue weighted by Crippen LogP contribution is 2.33. The summed E-state index contributed by atoms with van der Waals surface area (Å²) < 4.78 is 0. The van der Waals surface area contributed by atoms with Crippen molar-refractivity contribution in [3.8, 4) is 0 Å². The van der Waals surface area contributed by atoms with Crippen LogP contribution in [-0.4, -0.2) is 31.3 Å². The molecule has 2 rings (SSSR count). The molecular formula is C7H10N4O2. The summed E-state index contributed by atoms with van der Waals surface area (Å²) in [7, 11) is 0. The molecule has 0 amide bonds. The zero-order chi connectivity index (χ0) is 9.26. The molecular weight excluding hydrogens is 172 g/mol. The van der Waals surface area contributed by atoms with E-state index < -0.39 is 5.97 Å². The predicted octanol–water partition coefficient (Wildman–Crippen LogP) is 0.0252. The maximum absolute atomic E-state index is 10.3. The molecule has 1 aliphatic carbocycles. The van der Waals surface area contributed by atoms with Crippen LogP contribution >= 0.6 is 0 Å². The molecule has 0 saturated heterocycles. The third kappa shape index (κ3) is 1.66. The van der Waals surface area contributed by atoms with Crippen molar-refractivity contribution < 1.29 is 9.90 Å². The van der Waals surface area contributed by atoms with Crippen LogP contribution in [0.1, 0.15) is 31.0 Å². The highest BCUT2D eigenvalue weighted by molar-refractivity contribution is 5.66. The standard InChI is InChI=1S/C7H10N4O2/c12-6(13)4-11-9-7(8-10-11)5-2-1-3-5/h5H,1-4H2,(H,12,13). The highest BCUT2D eigenvalue weighted by atomic mass is 16.4. The fourth-order valence-corrected chi connectivity index (χ4v) is 1.27. The van der Waals surface area contributed by atoms with Gasteiger partial charge in [-0.2, -0.15) is 4.80 Å². The summed E-state index contributed by atoms with van der Waals surface area (Å²) >= 11 is 0. The minimum Gasteiger partial charge on any atom is -0.480 e. The third-order valence-corrected chi connectivity index (χ3v) is 2.22. The molecule has 1 aliphatic rings. The van der Waals surface area contributed by atoms with Crippen LogP contribution in [0.15, 0.2) is 0 Å². The molecule has 0 spiro atoms. The van der Waals surface area contributed by atoms with Crippen LogP contribution in [0.3, 0.4) is 0 Å². The zero-order valence-electron chi connectivity index (χ0n) is 7.05. The van der Waals surface area contributed by atoms with Crippen LogP contribution in [-0.2, 0) is 11.3 Å². The molecule has 1 fully saturated rings. The second kappa shape index (κ2) is 3.12. The fraction of sp³-hybridized carbons (Fsp3) is 0.714. The van der Waals surface area contributed by atoms with Crippen molar-refractivity contribution >= 4 is 5.97 Å². The summed E-state index contributed by atoms with van der Waals surface area (Å²) in [4.78, 5) is 11.4. The first-order chi connectivity index (χ1) is 6.25. The molecule has 0 aliphatic heterocycles. The predicted molar refractivity (Wildman–Crippen MR) is 42.0 cm³/mol. The topological polar surface area (TPSA) is 80.9 Å². The fourth-order valence-electron chi connectivity index (χ4n) is 1.27. The van der Waals surface area contributed by atoms with Crippen LogP contribution in [0.5, 0.6) is 0 Å². The van der Waals surface area contributed by atoms with Crippen molar-refractivity contribution in [1.29, 1.82) is 0 Å². The van der Waals surface area contributed by atoms with Gasteiger partial charge < -0.3 is 5.11 Å². The normalized spacial score (nSPS) is 16.9. The molecule has 1 heterocycles. The Bertz CT molecular complexity index is 318. The Morgan fingerprint density at radius 2 is 2.38 bits per heavy atom. The van der Waals surface area contributed by atoms with Gasteiger partial charge in [0.05, 0.1) is 0 Å². The molecule has 0 unspecified atom stereocenters. The van der Waals surface area contributed by atoms with E-state index in [9.17, 15) is 4.79 Å². The number of carboxylic acid groups (broad SMARTS) is 1. The number of aromatic nitrogens is 4. The van der Waals surface area contributed by atoms with Crippen molar-refractivity contribution in [2.24, 2.45) is 0 Å². The minimum atomic E-state index is -0.947. The number of carbonyl (C=O) groups is 1. The number of aliphatic carboxylic acids is 1. The van der Waals surface area contributed by atoms with E-state index in [0.717, 1.165) is 17.6 Å². The lowest BCUT2D eigenvalue weighted by molar-refractivity contribution is -0.138. The quantitative estimate of drug-likeness (QED) is 0.713. The average molecular weight is 182 g/mol. The summed E-state index contributed by atoms with van der Waals surface area (Å²) in [5.41, 5.74) is 0. The minimum absolute atomic E-state index is 0.209. The van der Waals surface area contributed by atoms with Crippen LogP contribution in [0.25, 0.3) is 0 Å². The molecule has 6 heteroatoms. The Hall–Kier alpha value is -1.46. The molecule has 13 heavy (non-hydrogen) atoms. The van der Waals surface area contributed by atoms with Gasteiger partial charge in [0.25, 0.3) is 0 Å². The SMILES string of the molecule is O=C(O)Cn1nnc(C2CCC2)n1. The lowest BCUT2D eigenvalue weighted by atomic mass is 9.85. The van der Waals surface area contributed by atoms with Gasteiger partial charge in [0, 0.05) is 5.92 Å². The number of nitrogens with zero attached hydrogens (tertiary/aromatic N) is 4. The highest BCUT2D eigenvalue weighted by Gasteiger charge is 2.24. The van der Waals surface area contributed by atoms with Crippen molar-refractivity contribution in [2.45, 2.75) is 31.7 Å². The Kier molecular flexibility index (Phi) is 1.96. The summed E-state index contributed by atoms with van der Waals surface area (Å²) in [6.45, 7) is -0.209. The molecule has 1 aromatic rings. The number of hydrogen-bond acceptors (Lipinski definition) is 4. The van der Waals surface area contributed by atoms with Crippen LogP contribution in [0, 0.1) is 0 Å². The molecule has 0 aromatic carbocycles. The summed E-state index contributed by atoms with van der Waals surface area (Å²) in [5.74, 6) is 0.146. The smallest absolute Gasteiger partial charge is 0.327 e. The molecule has 0 radical (unpaired) electrons. The van der Waals surface area contributed by atoms with E-state index in [1.165, 1.54) is 6.42 Å². The van der Waals surface area contributed by atoms with Gasteiger partial charge in [-0.05, 0) is 18.1 Å². The van der Waals surface area contributed by atoms with E-state index in [1.807, 2.05) is 0 Å². The maximum Gasteiger partial charge on any atom is 0.327 e. The largest absolute Gasteiger partial charge is 0.480 e. The number of rotatable bonds is 3. The van der Waals surface area contributed by atoms with Gasteiger partial charge in [-0.1, -0.05) is 6.42 Å². The van der Waals surface area contributed by atoms with Gasteiger partial charge >= 0.3 is 5.97 Å². The Morgan fingerprint density at radius 3 is 2.92 bits per heavy atom. The van der Waals surface area contributed by atoms with Gasteiger partial charge in [0.2, 0.25) is 0 Å². The molecule has 0 bridgehead atoms. The second-order valence-corrected chi connectivity index (χ2v) is 3.20. The first-order valence-corrected chi connectivity index (χ1v) is 4.25. The second-order valence-electron chi connectivity index (χ2n) is 3.20. The summed E-state index contributed by atoms with van der Waals surface area (Å²) in [6.07, 6.45) is 3.40. The van der Waals surface area contributed by atoms with Gasteiger partial charge in [0.15, 0.2) is 12.4 Å². The average Bonchev–Trinajstić information content (AvgIpc) is 2.31. The summed E-state index contributed by atoms with van der Waals surface area (Å²) in [6, 6.07) is 0. The number of carboxylic acids is 1. The Balaban J connectivity index is 2.04. The van der Waals surface area contributed by atoms with Gasteiger partial charge in [0.1, 0.15) is 0 Å². The van der Waals surface area contributed by atoms with Crippen molar-refractivity contribution in [1.82, 2.24) is 20.2 Å². The van der Waals surface area contributed by atoms with Crippen LogP contribution in [0.2, 0.25) is 0 Å². The van der Waals surface area contributed by atoms with E-state index >= 15 is 0 Å². The Morgan fingerprint density at radius 1 is 1.62 bits per heavy atom. The van der Waals surface area contributed by atoms with Gasteiger partial charge in [-0.3, -0.25) is 4.79 Å². The van der Waals surface area contributed by atoms with E-state index in [0.29, 0.717) is 11.7 Å². The van der Waals surface area contributed by atoms with E-state index in [4.69, 9.17) is 5.11 Å². The lowest BCUT2D eigenvalue weighted by Crippen LogP contribution is -2.13. The van der Waals surface area contributed by atoms with E-state index in [2.05, 4.69) is 15.4 Å². The van der Waals surface area contributed by atoms with Crippen molar-refractivity contribution in [3.05, 3.63) is 5.82 Å². The first-order valence-electron chi connectivity index (χ1n) is 4.25. The van der Waals surface area contributed by atoms with Crippen molar-refractivity contribution in [3.63, 3.8) is 0 Å². The monoisotopic (exact) mass is 182 g/mol. The van der Waals surface area contributed by atoms with E-state index in [-0.39, 0.29) is 6.54 Å². The molecule has 6 nitrogen and oxygen atoms in total. The van der Waals surface area contributed by atoms with Gasteiger partial charge in [-0.25, -0.2) is 0 Å². The van der Waals surface area contributed by atoms with Crippen LogP contribution < -0.4 is 0 Å². The number of hydrogen-bond donors (Lipinski definition) is 1. The Labute approximate surface area is 74.6 Å². The first kappa shape index (κ1) is 8.15. The number of tetrazole rings is 1. The molecule has 0 atom stereocenters. The maximum atomic E-state index is 10.3. The summed E-state index contributed by atoms with van der Waals surface area (Å²) in [5, 5.41) is 19.9. The zero-order valence-corrected chi connectivity index (χ0v) is 7.05. The van der Waals surface area contributed by atoms with Crippen molar-refractivity contribution in [2.75, 3.05) is 0 Å². The molecule has 1 N–H and O–H groups in total. The molecule has 70 valence electrons. The van der Waals surface area contributed by atoms with E-state index in [1.54, 1.807) is 0 Å². The third-order valence-electron chi connectivity index (χ3n) is 2.22. The molecule has 1 saturated carbocycles. The van der Waals surface area contributed by atoms with Crippen LogP contribution in [0.4, 0.5) is 0 Å².